The number of ether oxygens (including phenoxy) is 5. The van der Waals surface area contributed by atoms with Crippen LogP contribution in [0, 0.1) is 0 Å². The number of carbonyl (C=O) groups excluding carboxylic acids is 4. The van der Waals surface area contributed by atoms with E-state index in [9.17, 15) is 19.2 Å². The Morgan fingerprint density at radius 2 is 1.58 bits per heavy atom. The molecule has 0 N–H and O–H groups in total. The van der Waals surface area contributed by atoms with Gasteiger partial charge >= 0.3 is 23.9 Å². The third kappa shape index (κ3) is 6.20. The Balaban J connectivity index is 2.00. The van der Waals surface area contributed by atoms with Crippen molar-refractivity contribution in [3.63, 3.8) is 0 Å². The summed E-state index contributed by atoms with van der Waals surface area (Å²) in [7, 11) is 0. The van der Waals surface area contributed by atoms with E-state index >= 15 is 0 Å². The zero-order chi connectivity index (χ0) is 24.1. The first-order valence-electron chi connectivity index (χ1n) is 9.90. The molecule has 3 rings (SSSR count). The van der Waals surface area contributed by atoms with E-state index in [1.165, 1.54) is 27.7 Å². The summed E-state index contributed by atoms with van der Waals surface area (Å²) in [4.78, 5) is 55.3. The van der Waals surface area contributed by atoms with Crippen LogP contribution in [0.2, 0.25) is 0 Å². The van der Waals surface area contributed by atoms with E-state index in [0.29, 0.717) is 10.7 Å². The van der Waals surface area contributed by atoms with Crippen molar-refractivity contribution in [2.45, 2.75) is 62.7 Å². The minimum Gasteiger partial charge on any atom is -0.463 e. The molecule has 1 fully saturated rings. The summed E-state index contributed by atoms with van der Waals surface area (Å²) in [5.74, 6) is -2.62. The van der Waals surface area contributed by atoms with Crippen molar-refractivity contribution >= 4 is 41.2 Å². The first kappa shape index (κ1) is 24.5. The lowest BCUT2D eigenvalue weighted by Crippen LogP contribution is -2.61. The topological polar surface area (TPSA) is 145 Å². The molecule has 0 radical (unpaired) electrons. The number of aromatic nitrogens is 3. The standard InChI is InChI=1S/C20H23N3O9S/c1-10(24)28-9-15-16(29-11(2)25)17(30-12(3)26)18(31-13(4)27)19(32-15)33-20-22-8-14-7-21-5-6-23(14)20/h5-8,15-19H,9H2,1-4H3/t15-,16+,17+,18+,19+/m1/s1. The Hall–Kier alpha value is -3.19. The fourth-order valence-electron chi connectivity index (χ4n) is 3.30. The lowest BCUT2D eigenvalue weighted by atomic mass is 9.99. The van der Waals surface area contributed by atoms with E-state index in [0.717, 1.165) is 11.8 Å². The zero-order valence-electron chi connectivity index (χ0n) is 18.3. The molecule has 0 spiro atoms. The average molecular weight is 481 g/mol. The maximum Gasteiger partial charge on any atom is 0.303 e. The normalized spacial score (nSPS) is 24.7. The van der Waals surface area contributed by atoms with E-state index < -0.39 is 53.7 Å². The van der Waals surface area contributed by atoms with Gasteiger partial charge in [-0.1, -0.05) is 11.8 Å². The van der Waals surface area contributed by atoms with E-state index in [2.05, 4.69) is 9.97 Å². The van der Waals surface area contributed by atoms with Crippen molar-refractivity contribution in [3.8, 4) is 0 Å². The van der Waals surface area contributed by atoms with Crippen LogP contribution in [0.1, 0.15) is 27.7 Å². The maximum atomic E-state index is 11.9. The molecule has 3 heterocycles. The maximum absolute atomic E-state index is 11.9. The van der Waals surface area contributed by atoms with E-state index in [-0.39, 0.29) is 6.61 Å². The summed E-state index contributed by atoms with van der Waals surface area (Å²) in [5.41, 5.74) is -0.241. The number of hydrogen-bond acceptors (Lipinski definition) is 12. The number of nitrogens with zero attached hydrogens (tertiary/aromatic N) is 3. The van der Waals surface area contributed by atoms with Crippen LogP contribution in [0.15, 0.2) is 29.9 Å². The summed E-state index contributed by atoms with van der Waals surface area (Å²) >= 11 is 1.09. The van der Waals surface area contributed by atoms with Crippen molar-refractivity contribution in [2.24, 2.45) is 0 Å². The van der Waals surface area contributed by atoms with Gasteiger partial charge in [0.2, 0.25) is 0 Å². The highest BCUT2D eigenvalue weighted by Gasteiger charge is 2.52. The fraction of sp³-hybridized carbons (Fsp3) is 0.500. The molecule has 178 valence electrons. The Bertz CT molecular complexity index is 1040. The number of fused-ring (bicyclic) bond motifs is 1. The molecular weight excluding hydrogens is 458 g/mol. The summed E-state index contributed by atoms with van der Waals surface area (Å²) in [6.45, 7) is 4.45. The molecule has 1 aliphatic heterocycles. The molecule has 0 saturated carbocycles. The summed E-state index contributed by atoms with van der Waals surface area (Å²) in [6.07, 6.45) is 1.87. The summed E-state index contributed by atoms with van der Waals surface area (Å²) < 4.78 is 29.1. The lowest BCUT2D eigenvalue weighted by molar-refractivity contribution is -0.237. The SMILES string of the molecule is CC(=O)OC[C@H]1O[C@@H](Sc2ncc3cnccn23)[C@@H](OC(C)=O)[C@@H](OC(C)=O)[C@H]1OC(C)=O. The number of rotatable bonds is 7. The van der Waals surface area contributed by atoms with Crippen LogP contribution in [0.25, 0.3) is 5.52 Å². The Labute approximate surface area is 192 Å². The van der Waals surface area contributed by atoms with Gasteiger partial charge in [0.25, 0.3) is 0 Å². The monoisotopic (exact) mass is 481 g/mol. The molecule has 0 bridgehead atoms. The Morgan fingerprint density at radius 1 is 0.939 bits per heavy atom. The van der Waals surface area contributed by atoms with Gasteiger partial charge in [-0.2, -0.15) is 0 Å². The summed E-state index contributed by atoms with van der Waals surface area (Å²) in [5, 5.41) is 0.480. The molecule has 12 nitrogen and oxygen atoms in total. The quantitative estimate of drug-likeness (QED) is 0.409. The molecule has 0 amide bonds. The minimum absolute atomic E-state index is 0.291. The first-order chi connectivity index (χ1) is 15.7. The molecule has 1 aliphatic rings. The van der Waals surface area contributed by atoms with Crippen LogP contribution < -0.4 is 0 Å². The second-order valence-electron chi connectivity index (χ2n) is 7.10. The number of thioether (sulfide) groups is 1. The predicted molar refractivity (Wildman–Crippen MR) is 111 cm³/mol. The van der Waals surface area contributed by atoms with E-state index in [4.69, 9.17) is 23.7 Å². The van der Waals surface area contributed by atoms with Crippen molar-refractivity contribution < 1.29 is 42.9 Å². The van der Waals surface area contributed by atoms with Crippen LogP contribution in [0.3, 0.4) is 0 Å². The van der Waals surface area contributed by atoms with Gasteiger partial charge in [0, 0.05) is 40.1 Å². The molecular formula is C20H23N3O9S. The van der Waals surface area contributed by atoms with Crippen LogP contribution >= 0.6 is 11.8 Å². The second-order valence-corrected chi connectivity index (χ2v) is 8.16. The van der Waals surface area contributed by atoms with Crippen LogP contribution in [-0.4, -0.2) is 74.7 Å². The van der Waals surface area contributed by atoms with Crippen LogP contribution in [0.5, 0.6) is 0 Å². The highest BCUT2D eigenvalue weighted by molar-refractivity contribution is 7.99. The second kappa shape index (κ2) is 10.6. The largest absolute Gasteiger partial charge is 0.463 e. The van der Waals surface area contributed by atoms with Gasteiger partial charge in [0.15, 0.2) is 28.9 Å². The molecule has 33 heavy (non-hydrogen) atoms. The smallest absolute Gasteiger partial charge is 0.303 e. The van der Waals surface area contributed by atoms with E-state index in [1.807, 2.05) is 0 Å². The third-order valence-corrected chi connectivity index (χ3v) is 5.59. The minimum atomic E-state index is -1.23. The number of hydrogen-bond donors (Lipinski definition) is 0. The van der Waals surface area contributed by atoms with Crippen LogP contribution in [0.4, 0.5) is 0 Å². The van der Waals surface area contributed by atoms with E-state index in [1.54, 1.807) is 29.2 Å². The average Bonchev–Trinajstić information content (AvgIpc) is 3.13. The molecule has 1 saturated heterocycles. The molecule has 2 aromatic heterocycles. The van der Waals surface area contributed by atoms with Gasteiger partial charge in [0.05, 0.1) is 17.9 Å². The van der Waals surface area contributed by atoms with Gasteiger partial charge in [0.1, 0.15) is 12.7 Å². The molecule has 0 aromatic carbocycles. The van der Waals surface area contributed by atoms with Gasteiger partial charge in [-0.05, 0) is 0 Å². The fourth-order valence-corrected chi connectivity index (χ4v) is 4.44. The molecule has 2 aromatic rings. The third-order valence-electron chi connectivity index (χ3n) is 4.47. The van der Waals surface area contributed by atoms with Gasteiger partial charge in [-0.3, -0.25) is 28.6 Å². The zero-order valence-corrected chi connectivity index (χ0v) is 19.1. The molecule has 13 heteroatoms. The van der Waals surface area contributed by atoms with Crippen molar-refractivity contribution in [1.82, 2.24) is 14.4 Å². The van der Waals surface area contributed by atoms with Crippen molar-refractivity contribution in [3.05, 3.63) is 24.8 Å². The molecule has 5 atom stereocenters. The number of esters is 4. The lowest BCUT2D eigenvalue weighted by Gasteiger charge is -2.43. The van der Waals surface area contributed by atoms with Crippen molar-refractivity contribution in [1.29, 1.82) is 0 Å². The Morgan fingerprint density at radius 3 is 2.21 bits per heavy atom. The highest BCUT2D eigenvalue weighted by atomic mass is 32.2. The Kier molecular flexibility index (Phi) is 7.87. The molecule has 0 unspecified atom stereocenters. The van der Waals surface area contributed by atoms with Crippen molar-refractivity contribution in [2.75, 3.05) is 6.61 Å². The van der Waals surface area contributed by atoms with Gasteiger partial charge in [-0.15, -0.1) is 0 Å². The van der Waals surface area contributed by atoms with Gasteiger partial charge in [-0.25, -0.2) is 4.98 Å². The summed E-state index contributed by atoms with van der Waals surface area (Å²) in [6, 6.07) is 0. The predicted octanol–water partition coefficient (Wildman–Crippen LogP) is 0.904. The first-order valence-corrected chi connectivity index (χ1v) is 10.8. The number of carbonyl (C=O) groups is 4. The molecule has 0 aliphatic carbocycles. The number of imidazole rings is 1. The van der Waals surface area contributed by atoms with Crippen LogP contribution in [-0.2, 0) is 42.9 Å². The van der Waals surface area contributed by atoms with Gasteiger partial charge < -0.3 is 23.7 Å². The highest BCUT2D eigenvalue weighted by Crippen LogP contribution is 2.37.